The average molecular weight is 410 g/mol. The first-order chi connectivity index (χ1) is 15.0. The SMILES string of the molecule is C#Cc1cccc(Nc2c(C#N)cnc3cc(OCC)c(N4C(=C)CCC4O)cc23)c1. The van der Waals surface area contributed by atoms with Gasteiger partial charge in [-0.05, 0) is 44.0 Å². The summed E-state index contributed by atoms with van der Waals surface area (Å²) in [4.78, 5) is 6.24. The van der Waals surface area contributed by atoms with Crippen molar-refractivity contribution >= 4 is 28.0 Å². The maximum Gasteiger partial charge on any atom is 0.145 e. The average Bonchev–Trinajstić information content (AvgIpc) is 3.12. The van der Waals surface area contributed by atoms with Crippen LogP contribution in [-0.4, -0.2) is 22.9 Å². The zero-order chi connectivity index (χ0) is 22.0. The number of hydrogen-bond acceptors (Lipinski definition) is 6. The number of nitriles is 1. The van der Waals surface area contributed by atoms with E-state index in [1.54, 1.807) is 4.90 Å². The number of allylic oxidation sites excluding steroid dienone is 1. The first-order valence-electron chi connectivity index (χ1n) is 10.0. The van der Waals surface area contributed by atoms with E-state index in [1.807, 2.05) is 43.3 Å². The van der Waals surface area contributed by atoms with Crippen LogP contribution in [0.15, 0.2) is 54.9 Å². The molecule has 31 heavy (non-hydrogen) atoms. The van der Waals surface area contributed by atoms with Crippen LogP contribution in [0, 0.1) is 23.7 Å². The van der Waals surface area contributed by atoms with Crippen LogP contribution in [-0.2, 0) is 0 Å². The Morgan fingerprint density at radius 1 is 1.39 bits per heavy atom. The van der Waals surface area contributed by atoms with Gasteiger partial charge >= 0.3 is 0 Å². The van der Waals surface area contributed by atoms with Gasteiger partial charge in [0.25, 0.3) is 0 Å². The normalized spacial score (nSPS) is 15.5. The first-order valence-corrected chi connectivity index (χ1v) is 10.0. The minimum Gasteiger partial charge on any atom is -0.492 e. The van der Waals surface area contributed by atoms with E-state index in [2.05, 4.69) is 28.9 Å². The molecule has 0 radical (unpaired) electrons. The van der Waals surface area contributed by atoms with Gasteiger partial charge in [0.15, 0.2) is 0 Å². The molecule has 2 N–H and O–H groups in total. The van der Waals surface area contributed by atoms with Crippen LogP contribution in [0.1, 0.15) is 30.9 Å². The molecule has 4 rings (SSSR count). The fourth-order valence-corrected chi connectivity index (χ4v) is 3.81. The molecule has 1 aliphatic heterocycles. The molecular weight excluding hydrogens is 388 g/mol. The van der Waals surface area contributed by atoms with Gasteiger partial charge in [0, 0.05) is 34.6 Å². The Bertz CT molecular complexity index is 1250. The molecule has 6 heteroatoms. The van der Waals surface area contributed by atoms with Crippen molar-refractivity contribution in [3.05, 3.63) is 66.0 Å². The number of fused-ring (bicyclic) bond motifs is 1. The number of anilines is 3. The number of benzene rings is 2. The van der Waals surface area contributed by atoms with Gasteiger partial charge in [-0.15, -0.1) is 6.42 Å². The van der Waals surface area contributed by atoms with Crippen LogP contribution in [0.2, 0.25) is 0 Å². The van der Waals surface area contributed by atoms with Crippen LogP contribution in [0.25, 0.3) is 10.9 Å². The molecule has 6 nitrogen and oxygen atoms in total. The van der Waals surface area contributed by atoms with E-state index in [-0.39, 0.29) is 0 Å². The standard InChI is InChI=1S/C25H22N4O2/c1-4-17-7-6-8-19(11-17)28-25-18(14-26)15-27-21-13-23(31-5-2)22(12-20(21)25)29-16(3)9-10-24(29)30/h1,6-8,11-13,15,24,30H,3,5,9-10H2,2H3,(H,27,28). The Morgan fingerprint density at radius 3 is 2.90 bits per heavy atom. The van der Waals surface area contributed by atoms with E-state index >= 15 is 0 Å². The van der Waals surface area contributed by atoms with Gasteiger partial charge in [-0.2, -0.15) is 5.26 Å². The topological polar surface area (TPSA) is 81.4 Å². The van der Waals surface area contributed by atoms with E-state index in [9.17, 15) is 10.4 Å². The fourth-order valence-electron chi connectivity index (χ4n) is 3.81. The highest BCUT2D eigenvalue weighted by Gasteiger charge is 2.29. The summed E-state index contributed by atoms with van der Waals surface area (Å²) in [6, 6.07) is 13.4. The number of pyridine rings is 1. The van der Waals surface area contributed by atoms with E-state index in [0.29, 0.717) is 47.7 Å². The van der Waals surface area contributed by atoms with E-state index < -0.39 is 6.23 Å². The summed E-state index contributed by atoms with van der Waals surface area (Å²) in [6.07, 6.45) is 7.68. The molecule has 0 bridgehead atoms. The number of ether oxygens (including phenoxy) is 1. The predicted molar refractivity (Wildman–Crippen MR) is 122 cm³/mol. The summed E-state index contributed by atoms with van der Waals surface area (Å²) >= 11 is 0. The van der Waals surface area contributed by atoms with Gasteiger partial charge in [-0.1, -0.05) is 18.6 Å². The molecule has 0 saturated carbocycles. The zero-order valence-corrected chi connectivity index (χ0v) is 17.2. The van der Waals surface area contributed by atoms with Crippen molar-refractivity contribution in [2.45, 2.75) is 26.0 Å². The fraction of sp³-hybridized carbons (Fsp3) is 0.200. The van der Waals surface area contributed by atoms with Gasteiger partial charge < -0.3 is 20.1 Å². The highest BCUT2D eigenvalue weighted by Crippen LogP contribution is 2.42. The third-order valence-electron chi connectivity index (χ3n) is 5.26. The molecule has 0 aliphatic carbocycles. The number of hydrogen-bond donors (Lipinski definition) is 2. The molecular formula is C25H22N4O2. The number of rotatable bonds is 5. The largest absolute Gasteiger partial charge is 0.492 e. The Kier molecular flexibility index (Phi) is 5.49. The lowest BCUT2D eigenvalue weighted by molar-refractivity contribution is 0.186. The molecule has 1 unspecified atom stereocenters. The second-order valence-electron chi connectivity index (χ2n) is 7.23. The van der Waals surface area contributed by atoms with Crippen molar-refractivity contribution < 1.29 is 9.84 Å². The van der Waals surface area contributed by atoms with Gasteiger partial charge in [-0.25, -0.2) is 0 Å². The Hall–Kier alpha value is -4.00. The monoisotopic (exact) mass is 410 g/mol. The molecule has 3 aromatic rings. The van der Waals surface area contributed by atoms with E-state index in [1.165, 1.54) is 6.20 Å². The number of nitrogens with zero attached hydrogens (tertiary/aromatic N) is 3. The van der Waals surface area contributed by atoms with Crippen LogP contribution >= 0.6 is 0 Å². The zero-order valence-electron chi connectivity index (χ0n) is 17.2. The number of terminal acetylenes is 1. The highest BCUT2D eigenvalue weighted by atomic mass is 16.5. The minimum absolute atomic E-state index is 0.398. The van der Waals surface area contributed by atoms with Crippen LogP contribution in [0.5, 0.6) is 5.75 Å². The quantitative estimate of drug-likeness (QED) is 0.595. The van der Waals surface area contributed by atoms with Gasteiger partial charge in [0.2, 0.25) is 0 Å². The van der Waals surface area contributed by atoms with Gasteiger partial charge in [0.05, 0.1) is 29.1 Å². The van der Waals surface area contributed by atoms with E-state index in [0.717, 1.165) is 22.3 Å². The first kappa shape index (κ1) is 20.3. The predicted octanol–water partition coefficient (Wildman–Crippen LogP) is 4.66. The second kappa shape index (κ2) is 8.39. The number of aliphatic hydroxyl groups is 1. The summed E-state index contributed by atoms with van der Waals surface area (Å²) in [7, 11) is 0. The van der Waals surface area contributed by atoms with Crippen molar-refractivity contribution in [3.63, 3.8) is 0 Å². The molecule has 2 heterocycles. The van der Waals surface area contributed by atoms with Crippen LogP contribution in [0.3, 0.4) is 0 Å². The smallest absolute Gasteiger partial charge is 0.145 e. The van der Waals surface area contributed by atoms with Crippen molar-refractivity contribution in [1.82, 2.24) is 4.98 Å². The lowest BCUT2D eigenvalue weighted by Gasteiger charge is -2.27. The highest BCUT2D eigenvalue weighted by molar-refractivity contribution is 5.99. The second-order valence-corrected chi connectivity index (χ2v) is 7.23. The Balaban J connectivity index is 1.92. The molecule has 0 spiro atoms. The number of aromatic nitrogens is 1. The van der Waals surface area contributed by atoms with Crippen molar-refractivity contribution in [2.24, 2.45) is 0 Å². The van der Waals surface area contributed by atoms with Crippen LogP contribution < -0.4 is 15.0 Å². The summed E-state index contributed by atoms with van der Waals surface area (Å²) < 4.78 is 5.86. The van der Waals surface area contributed by atoms with E-state index in [4.69, 9.17) is 11.2 Å². The number of nitrogens with one attached hydrogen (secondary N) is 1. The third-order valence-corrected chi connectivity index (χ3v) is 5.26. The molecule has 1 fully saturated rings. The van der Waals surface area contributed by atoms with Gasteiger partial charge in [-0.3, -0.25) is 4.98 Å². The molecule has 1 saturated heterocycles. The Morgan fingerprint density at radius 2 is 2.23 bits per heavy atom. The summed E-state index contributed by atoms with van der Waals surface area (Å²) in [5, 5.41) is 24.3. The third kappa shape index (κ3) is 3.77. The Labute approximate surface area is 181 Å². The molecule has 1 atom stereocenters. The summed E-state index contributed by atoms with van der Waals surface area (Å²) in [6.45, 7) is 6.47. The van der Waals surface area contributed by atoms with Crippen molar-refractivity contribution in [1.29, 1.82) is 5.26 Å². The van der Waals surface area contributed by atoms with Gasteiger partial charge in [0.1, 0.15) is 18.0 Å². The van der Waals surface area contributed by atoms with Crippen LogP contribution in [0.4, 0.5) is 17.1 Å². The molecule has 154 valence electrons. The van der Waals surface area contributed by atoms with Crippen molar-refractivity contribution in [3.8, 4) is 24.2 Å². The maximum atomic E-state index is 10.5. The molecule has 0 amide bonds. The lowest BCUT2D eigenvalue weighted by Crippen LogP contribution is -2.27. The number of aliphatic hydroxyl groups excluding tert-OH is 1. The molecule has 1 aliphatic rings. The molecule has 2 aromatic carbocycles. The lowest BCUT2D eigenvalue weighted by atomic mass is 10.1. The maximum absolute atomic E-state index is 10.5. The summed E-state index contributed by atoms with van der Waals surface area (Å²) in [5.74, 6) is 3.22. The minimum atomic E-state index is -0.681. The molecule has 1 aromatic heterocycles. The van der Waals surface area contributed by atoms with Crippen molar-refractivity contribution in [2.75, 3.05) is 16.8 Å². The summed E-state index contributed by atoms with van der Waals surface area (Å²) in [5.41, 5.74) is 4.69.